The third-order valence-corrected chi connectivity index (χ3v) is 3.69. The fraction of sp³-hybridized carbons (Fsp3) is 0.625. The van der Waals surface area contributed by atoms with Gasteiger partial charge in [-0.15, -0.1) is 0 Å². The summed E-state index contributed by atoms with van der Waals surface area (Å²) in [5.74, 6) is 1.38. The quantitative estimate of drug-likeness (QED) is 0.888. The zero-order valence-corrected chi connectivity index (χ0v) is 12.2. The van der Waals surface area contributed by atoms with Crippen molar-refractivity contribution in [2.24, 2.45) is 11.7 Å². The normalized spacial score (nSPS) is 17.7. The summed E-state index contributed by atoms with van der Waals surface area (Å²) >= 11 is 0. The van der Waals surface area contributed by atoms with Gasteiger partial charge in [0.1, 0.15) is 5.75 Å². The molecule has 1 heterocycles. The van der Waals surface area contributed by atoms with E-state index < -0.39 is 0 Å². The molecule has 19 heavy (non-hydrogen) atoms. The summed E-state index contributed by atoms with van der Waals surface area (Å²) in [6, 6.07) is 6.15. The van der Waals surface area contributed by atoms with Crippen LogP contribution in [0.4, 0.5) is 0 Å². The Hall–Kier alpha value is -1.06. The van der Waals surface area contributed by atoms with Crippen molar-refractivity contribution in [3.05, 3.63) is 29.3 Å². The Morgan fingerprint density at radius 3 is 2.84 bits per heavy atom. The van der Waals surface area contributed by atoms with E-state index in [1.54, 1.807) is 0 Å². The van der Waals surface area contributed by atoms with Crippen LogP contribution in [0, 0.1) is 5.92 Å². The van der Waals surface area contributed by atoms with Gasteiger partial charge in [-0.05, 0) is 31.2 Å². The molecule has 0 saturated heterocycles. The maximum absolute atomic E-state index is 6.45. The first kappa shape index (κ1) is 14.4. The summed E-state index contributed by atoms with van der Waals surface area (Å²) in [6.07, 6.45) is 2.20. The topological polar surface area (TPSA) is 44.5 Å². The van der Waals surface area contributed by atoms with Gasteiger partial charge in [0.15, 0.2) is 0 Å². The highest BCUT2D eigenvalue weighted by Gasteiger charge is 2.27. The summed E-state index contributed by atoms with van der Waals surface area (Å²) in [5.41, 5.74) is 8.81. The lowest BCUT2D eigenvalue weighted by atomic mass is 9.91. The van der Waals surface area contributed by atoms with Gasteiger partial charge in [0.25, 0.3) is 0 Å². The number of fused-ring (bicyclic) bond motifs is 1. The van der Waals surface area contributed by atoms with Crippen LogP contribution in [0.25, 0.3) is 0 Å². The Kier molecular flexibility index (Phi) is 4.83. The second-order valence-corrected chi connectivity index (χ2v) is 5.48. The molecule has 2 N–H and O–H groups in total. The largest absolute Gasteiger partial charge is 0.493 e. The molecule has 0 fully saturated rings. The monoisotopic (exact) mass is 263 g/mol. The Bertz CT molecular complexity index is 417. The van der Waals surface area contributed by atoms with Crippen LogP contribution in [0.15, 0.2) is 18.2 Å². The number of aryl methyl sites for hydroxylation is 1. The Morgan fingerprint density at radius 1 is 1.37 bits per heavy atom. The van der Waals surface area contributed by atoms with Gasteiger partial charge in [-0.25, -0.2) is 0 Å². The molecule has 0 bridgehead atoms. The summed E-state index contributed by atoms with van der Waals surface area (Å²) in [5, 5.41) is 0. The van der Waals surface area contributed by atoms with E-state index in [1.807, 2.05) is 6.92 Å². The lowest BCUT2D eigenvalue weighted by molar-refractivity contribution is 0.0115. The molecule has 3 nitrogen and oxygen atoms in total. The van der Waals surface area contributed by atoms with Gasteiger partial charge in [0.05, 0.1) is 18.8 Å². The van der Waals surface area contributed by atoms with Crippen LogP contribution in [0.2, 0.25) is 0 Å². The molecule has 0 radical (unpaired) electrons. The van der Waals surface area contributed by atoms with Gasteiger partial charge in [-0.2, -0.15) is 0 Å². The van der Waals surface area contributed by atoms with E-state index in [9.17, 15) is 0 Å². The molecular formula is C16H25NO2. The van der Waals surface area contributed by atoms with Crippen LogP contribution in [0.3, 0.4) is 0 Å². The standard InChI is InChI=1S/C16H25NO2/c1-4-18-15(11(2)3)14(17)13-9-5-7-12-8-6-10-19-16(12)13/h5,7,9,11,14-15H,4,6,8,10,17H2,1-3H3. The Balaban J connectivity index is 2.29. The van der Waals surface area contributed by atoms with E-state index in [1.165, 1.54) is 5.56 Å². The zero-order valence-electron chi connectivity index (χ0n) is 12.2. The van der Waals surface area contributed by atoms with Gasteiger partial charge in [-0.1, -0.05) is 32.0 Å². The van der Waals surface area contributed by atoms with E-state index in [2.05, 4.69) is 32.0 Å². The number of rotatable bonds is 5. The molecule has 0 amide bonds. The molecule has 1 aliphatic heterocycles. The number of para-hydroxylation sites is 1. The van der Waals surface area contributed by atoms with Gasteiger partial charge < -0.3 is 15.2 Å². The third-order valence-electron chi connectivity index (χ3n) is 3.69. The predicted octanol–water partition coefficient (Wildman–Crippen LogP) is 3.07. The van der Waals surface area contributed by atoms with E-state index in [4.69, 9.17) is 15.2 Å². The van der Waals surface area contributed by atoms with E-state index in [-0.39, 0.29) is 12.1 Å². The first-order valence-electron chi connectivity index (χ1n) is 7.27. The summed E-state index contributed by atoms with van der Waals surface area (Å²) in [7, 11) is 0. The molecular weight excluding hydrogens is 238 g/mol. The highest BCUT2D eigenvalue weighted by Crippen LogP contribution is 2.35. The van der Waals surface area contributed by atoms with E-state index >= 15 is 0 Å². The van der Waals surface area contributed by atoms with Crippen molar-refractivity contribution in [3.8, 4) is 5.75 Å². The fourth-order valence-corrected chi connectivity index (χ4v) is 2.76. The lowest BCUT2D eigenvalue weighted by Gasteiger charge is -2.30. The Labute approximate surface area is 116 Å². The molecule has 0 saturated carbocycles. The van der Waals surface area contributed by atoms with Crippen LogP contribution in [-0.4, -0.2) is 19.3 Å². The minimum absolute atomic E-state index is 0.0297. The molecule has 1 aromatic carbocycles. The first-order valence-corrected chi connectivity index (χ1v) is 7.27. The van der Waals surface area contributed by atoms with Crippen molar-refractivity contribution in [1.82, 2.24) is 0 Å². The smallest absolute Gasteiger partial charge is 0.127 e. The third kappa shape index (κ3) is 3.10. The van der Waals surface area contributed by atoms with Gasteiger partial charge in [-0.3, -0.25) is 0 Å². The minimum Gasteiger partial charge on any atom is -0.493 e. The molecule has 0 aromatic heterocycles. The van der Waals surface area contributed by atoms with Gasteiger partial charge in [0, 0.05) is 12.2 Å². The molecule has 2 unspecified atom stereocenters. The average Bonchev–Trinajstić information content (AvgIpc) is 2.43. The van der Waals surface area contributed by atoms with Crippen molar-refractivity contribution in [3.63, 3.8) is 0 Å². The van der Waals surface area contributed by atoms with Crippen molar-refractivity contribution in [2.75, 3.05) is 13.2 Å². The molecule has 106 valence electrons. The van der Waals surface area contributed by atoms with Crippen molar-refractivity contribution < 1.29 is 9.47 Å². The number of nitrogens with two attached hydrogens (primary N) is 1. The molecule has 1 aromatic rings. The van der Waals surface area contributed by atoms with Crippen LogP contribution in [0.1, 0.15) is 44.4 Å². The summed E-state index contributed by atoms with van der Waals surface area (Å²) < 4.78 is 11.7. The molecule has 1 aliphatic rings. The minimum atomic E-state index is -0.131. The summed E-state index contributed by atoms with van der Waals surface area (Å²) in [6.45, 7) is 7.79. The number of benzene rings is 1. The van der Waals surface area contributed by atoms with Crippen LogP contribution in [0.5, 0.6) is 5.75 Å². The van der Waals surface area contributed by atoms with E-state index in [0.29, 0.717) is 12.5 Å². The molecule has 3 heteroatoms. The van der Waals surface area contributed by atoms with Gasteiger partial charge in [0.2, 0.25) is 0 Å². The predicted molar refractivity (Wildman–Crippen MR) is 77.4 cm³/mol. The van der Waals surface area contributed by atoms with Crippen molar-refractivity contribution in [1.29, 1.82) is 0 Å². The zero-order chi connectivity index (χ0) is 13.8. The van der Waals surface area contributed by atoms with Crippen LogP contribution in [-0.2, 0) is 11.2 Å². The summed E-state index contributed by atoms with van der Waals surface area (Å²) in [4.78, 5) is 0. The maximum Gasteiger partial charge on any atom is 0.127 e. The number of hydrogen-bond donors (Lipinski definition) is 1. The first-order chi connectivity index (χ1) is 9.15. The lowest BCUT2D eigenvalue weighted by Crippen LogP contribution is -2.34. The van der Waals surface area contributed by atoms with Crippen molar-refractivity contribution in [2.45, 2.75) is 45.8 Å². The second-order valence-electron chi connectivity index (χ2n) is 5.48. The van der Waals surface area contributed by atoms with Crippen LogP contribution >= 0.6 is 0 Å². The Morgan fingerprint density at radius 2 is 2.16 bits per heavy atom. The van der Waals surface area contributed by atoms with Gasteiger partial charge >= 0.3 is 0 Å². The fourth-order valence-electron chi connectivity index (χ4n) is 2.76. The highest BCUT2D eigenvalue weighted by atomic mass is 16.5. The van der Waals surface area contributed by atoms with Crippen LogP contribution < -0.4 is 10.5 Å². The van der Waals surface area contributed by atoms with E-state index in [0.717, 1.165) is 30.8 Å². The maximum atomic E-state index is 6.45. The molecule has 2 atom stereocenters. The molecule has 0 aliphatic carbocycles. The molecule has 0 spiro atoms. The number of hydrogen-bond acceptors (Lipinski definition) is 3. The second kappa shape index (κ2) is 6.40. The molecule has 2 rings (SSSR count). The average molecular weight is 263 g/mol. The van der Waals surface area contributed by atoms with Crippen molar-refractivity contribution >= 4 is 0 Å². The number of ether oxygens (including phenoxy) is 2. The SMILES string of the molecule is CCOC(C(C)C)C(N)c1cccc2c1OCCC2. The highest BCUT2D eigenvalue weighted by molar-refractivity contribution is 5.44.